The monoisotopic (exact) mass is 355 g/mol. The highest BCUT2D eigenvalue weighted by Gasteiger charge is 2.28. The van der Waals surface area contributed by atoms with E-state index < -0.39 is 0 Å². The lowest BCUT2D eigenvalue weighted by atomic mass is 10.2. The van der Waals surface area contributed by atoms with Gasteiger partial charge in [-0.25, -0.2) is 14.6 Å². The van der Waals surface area contributed by atoms with Crippen molar-refractivity contribution in [3.63, 3.8) is 0 Å². The molecule has 2 aromatic heterocycles. The summed E-state index contributed by atoms with van der Waals surface area (Å²) in [5, 5.41) is 9.64. The molecule has 5 nitrogen and oxygen atoms in total. The summed E-state index contributed by atoms with van der Waals surface area (Å²) >= 11 is 5.55. The summed E-state index contributed by atoms with van der Waals surface area (Å²) in [6.07, 6.45) is 5.40. The minimum atomic E-state index is 0.491. The van der Waals surface area contributed by atoms with E-state index in [1.807, 2.05) is 18.8 Å². The molecule has 1 N–H and O–H groups in total. The highest BCUT2D eigenvalue weighted by molar-refractivity contribution is 9.10. The number of halogens is 1. The Morgan fingerprint density at radius 1 is 1.45 bits per heavy atom. The number of rotatable bonds is 4. The molecule has 0 spiro atoms. The Morgan fingerprint density at radius 2 is 2.30 bits per heavy atom. The summed E-state index contributed by atoms with van der Waals surface area (Å²) in [6, 6.07) is 0.491. The van der Waals surface area contributed by atoms with Crippen LogP contribution in [0.25, 0.3) is 11.0 Å². The fourth-order valence-electron chi connectivity index (χ4n) is 2.83. The second kappa shape index (κ2) is 5.89. The minimum Gasteiger partial charge on any atom is -0.365 e. The second-order valence-electron chi connectivity index (χ2n) is 5.01. The van der Waals surface area contributed by atoms with Gasteiger partial charge in [0.1, 0.15) is 16.7 Å². The number of thioether (sulfide) groups is 1. The van der Waals surface area contributed by atoms with Gasteiger partial charge in [0, 0.05) is 18.3 Å². The van der Waals surface area contributed by atoms with Crippen LogP contribution in [0, 0.1) is 0 Å². The van der Waals surface area contributed by atoms with Gasteiger partial charge in [-0.1, -0.05) is 13.3 Å². The molecule has 108 valence electrons. The zero-order chi connectivity index (χ0) is 14.1. The van der Waals surface area contributed by atoms with Gasteiger partial charge in [-0.2, -0.15) is 16.9 Å². The van der Waals surface area contributed by atoms with Crippen LogP contribution in [-0.2, 0) is 7.05 Å². The Bertz CT molecular complexity index is 614. The topological polar surface area (TPSA) is 55.6 Å². The highest BCUT2D eigenvalue weighted by atomic mass is 79.9. The maximum absolute atomic E-state index is 4.42. The van der Waals surface area contributed by atoms with E-state index in [0.29, 0.717) is 11.3 Å². The fraction of sp³-hybridized carbons (Fsp3) is 0.615. The Hall–Kier alpha value is -0.820. The Balaban J connectivity index is 1.91. The quantitative estimate of drug-likeness (QED) is 0.912. The van der Waals surface area contributed by atoms with Crippen LogP contribution in [0.3, 0.4) is 0 Å². The zero-order valence-corrected chi connectivity index (χ0v) is 14.0. The molecule has 0 bridgehead atoms. The third-order valence-corrected chi connectivity index (χ3v) is 5.61. The van der Waals surface area contributed by atoms with Gasteiger partial charge in [0.25, 0.3) is 0 Å². The van der Waals surface area contributed by atoms with Crippen LogP contribution < -0.4 is 5.32 Å². The van der Waals surface area contributed by atoms with Crippen LogP contribution in [0.2, 0.25) is 0 Å². The first-order valence-electron chi connectivity index (χ1n) is 6.92. The molecule has 2 heterocycles. The number of nitrogens with one attached hydrogen (secondary N) is 1. The molecular formula is C13H18BrN5S. The molecule has 3 rings (SSSR count). The van der Waals surface area contributed by atoms with Gasteiger partial charge in [0.05, 0.1) is 5.39 Å². The van der Waals surface area contributed by atoms with E-state index in [0.717, 1.165) is 21.5 Å². The summed E-state index contributed by atoms with van der Waals surface area (Å²) in [7, 11) is 1.90. The van der Waals surface area contributed by atoms with E-state index in [1.165, 1.54) is 25.0 Å². The van der Waals surface area contributed by atoms with Gasteiger partial charge in [-0.15, -0.1) is 0 Å². The molecule has 2 atom stereocenters. The van der Waals surface area contributed by atoms with Crippen LogP contribution in [-0.4, -0.2) is 36.8 Å². The van der Waals surface area contributed by atoms with Crippen molar-refractivity contribution in [3.8, 4) is 0 Å². The van der Waals surface area contributed by atoms with E-state index in [2.05, 4.69) is 43.2 Å². The Kier molecular flexibility index (Phi) is 4.16. The van der Waals surface area contributed by atoms with Gasteiger partial charge < -0.3 is 5.32 Å². The number of aryl methyl sites for hydroxylation is 1. The van der Waals surface area contributed by atoms with Crippen LogP contribution in [0.1, 0.15) is 26.2 Å². The number of aromatic nitrogens is 4. The summed E-state index contributed by atoms with van der Waals surface area (Å²) in [6.45, 7) is 2.22. The first-order chi connectivity index (χ1) is 9.70. The fourth-order valence-corrected chi connectivity index (χ4v) is 4.63. The van der Waals surface area contributed by atoms with Crippen molar-refractivity contribution in [1.82, 2.24) is 19.7 Å². The van der Waals surface area contributed by atoms with Gasteiger partial charge in [-0.3, -0.25) is 0 Å². The molecule has 1 saturated carbocycles. The summed E-state index contributed by atoms with van der Waals surface area (Å²) < 4.78 is 2.58. The van der Waals surface area contributed by atoms with Crippen molar-refractivity contribution in [2.75, 3.05) is 11.1 Å². The van der Waals surface area contributed by atoms with Gasteiger partial charge in [0.15, 0.2) is 5.65 Å². The summed E-state index contributed by atoms with van der Waals surface area (Å²) in [5.41, 5.74) is 0.854. The Labute approximate surface area is 131 Å². The van der Waals surface area contributed by atoms with E-state index in [9.17, 15) is 0 Å². The van der Waals surface area contributed by atoms with Gasteiger partial charge >= 0.3 is 0 Å². The molecule has 2 aromatic rings. The van der Waals surface area contributed by atoms with Crippen LogP contribution in [0.5, 0.6) is 0 Å². The molecule has 0 saturated heterocycles. The zero-order valence-electron chi connectivity index (χ0n) is 11.6. The summed E-state index contributed by atoms with van der Waals surface area (Å²) in [4.78, 5) is 8.73. The predicted octanol–water partition coefficient (Wildman–Crippen LogP) is 3.21. The maximum Gasteiger partial charge on any atom is 0.164 e. The third kappa shape index (κ3) is 2.53. The standard InChI is InChI=1S/C13H18BrN5S/c1-3-20-9-6-4-5-8(9)17-12-10-11(14)18-19(2)13(10)16-7-15-12/h7-9H,3-6H2,1-2H3,(H,15,16,17). The molecule has 0 aliphatic heterocycles. The minimum absolute atomic E-state index is 0.491. The number of hydrogen-bond acceptors (Lipinski definition) is 5. The average molecular weight is 356 g/mol. The van der Waals surface area contributed by atoms with Crippen molar-refractivity contribution in [3.05, 3.63) is 10.9 Å². The number of fused-ring (bicyclic) bond motifs is 1. The van der Waals surface area contributed by atoms with Crippen molar-refractivity contribution in [2.24, 2.45) is 7.05 Å². The lowest BCUT2D eigenvalue weighted by Crippen LogP contribution is -2.26. The molecule has 0 amide bonds. The number of hydrogen-bond donors (Lipinski definition) is 1. The normalized spacial score (nSPS) is 22.6. The number of anilines is 1. The smallest absolute Gasteiger partial charge is 0.164 e. The molecule has 0 radical (unpaired) electrons. The molecule has 2 unspecified atom stereocenters. The van der Waals surface area contributed by atoms with Crippen molar-refractivity contribution < 1.29 is 0 Å². The van der Waals surface area contributed by atoms with Crippen LogP contribution >= 0.6 is 27.7 Å². The molecule has 1 aliphatic rings. The largest absolute Gasteiger partial charge is 0.365 e. The molecule has 0 aromatic carbocycles. The first-order valence-corrected chi connectivity index (χ1v) is 8.76. The molecule has 20 heavy (non-hydrogen) atoms. The number of nitrogens with zero attached hydrogens (tertiary/aromatic N) is 4. The molecule has 1 aliphatic carbocycles. The highest BCUT2D eigenvalue weighted by Crippen LogP contribution is 2.34. The molecular weight excluding hydrogens is 338 g/mol. The van der Waals surface area contributed by atoms with Crippen molar-refractivity contribution >= 4 is 44.5 Å². The maximum atomic E-state index is 4.42. The summed E-state index contributed by atoms with van der Waals surface area (Å²) in [5.74, 6) is 2.06. The van der Waals surface area contributed by atoms with Crippen LogP contribution in [0.4, 0.5) is 5.82 Å². The second-order valence-corrected chi connectivity index (χ2v) is 7.28. The predicted molar refractivity (Wildman–Crippen MR) is 87.2 cm³/mol. The van der Waals surface area contributed by atoms with Gasteiger partial charge in [0.2, 0.25) is 0 Å². The van der Waals surface area contributed by atoms with E-state index in [-0.39, 0.29) is 0 Å². The van der Waals surface area contributed by atoms with Crippen molar-refractivity contribution in [2.45, 2.75) is 37.5 Å². The van der Waals surface area contributed by atoms with E-state index >= 15 is 0 Å². The van der Waals surface area contributed by atoms with E-state index in [4.69, 9.17) is 0 Å². The average Bonchev–Trinajstić information content (AvgIpc) is 2.97. The lowest BCUT2D eigenvalue weighted by molar-refractivity contribution is 0.762. The lowest BCUT2D eigenvalue weighted by Gasteiger charge is -2.20. The Morgan fingerprint density at radius 3 is 3.10 bits per heavy atom. The van der Waals surface area contributed by atoms with Crippen LogP contribution in [0.15, 0.2) is 10.9 Å². The van der Waals surface area contributed by atoms with E-state index in [1.54, 1.807) is 11.0 Å². The van der Waals surface area contributed by atoms with Crippen molar-refractivity contribution in [1.29, 1.82) is 0 Å². The molecule has 1 fully saturated rings. The van der Waals surface area contributed by atoms with Gasteiger partial charge in [-0.05, 0) is 34.5 Å². The SMILES string of the molecule is CCSC1CCCC1Nc1ncnc2c1c(Br)nn2C. The first kappa shape index (κ1) is 14.1. The molecule has 7 heteroatoms. The third-order valence-electron chi connectivity index (χ3n) is 3.73.